The molecule has 0 radical (unpaired) electrons. The summed E-state index contributed by atoms with van der Waals surface area (Å²) in [5.41, 5.74) is 1.41. The molecule has 2 aromatic carbocycles. The molecule has 8 nitrogen and oxygen atoms in total. The predicted molar refractivity (Wildman–Crippen MR) is 115 cm³/mol. The zero-order chi connectivity index (χ0) is 22.7. The number of hydrogen-bond acceptors (Lipinski definition) is 7. The van der Waals surface area contributed by atoms with Crippen molar-refractivity contribution in [2.45, 2.75) is 6.92 Å². The molecule has 4 aromatic rings. The SMILES string of the molecule is COc1ccc(Oc2nc3ccccc3nc2C(=O)Nc2ccc(C(C)=O)nc2)c(F)c1. The van der Waals surface area contributed by atoms with Gasteiger partial charge in [0.2, 0.25) is 0 Å². The minimum absolute atomic E-state index is 0.142. The molecule has 0 aliphatic rings. The van der Waals surface area contributed by atoms with Crippen LogP contribution < -0.4 is 14.8 Å². The number of ether oxygens (including phenoxy) is 2. The molecule has 160 valence electrons. The monoisotopic (exact) mass is 432 g/mol. The molecule has 0 fully saturated rings. The first-order chi connectivity index (χ1) is 15.4. The summed E-state index contributed by atoms with van der Waals surface area (Å²) in [6.45, 7) is 1.40. The second-order valence-corrected chi connectivity index (χ2v) is 6.71. The fourth-order valence-electron chi connectivity index (χ4n) is 2.86. The molecule has 0 atom stereocenters. The third-order valence-electron chi connectivity index (χ3n) is 4.48. The molecular formula is C23H17FN4O4. The number of carbonyl (C=O) groups is 2. The highest BCUT2D eigenvalue weighted by Crippen LogP contribution is 2.29. The van der Waals surface area contributed by atoms with Crippen LogP contribution in [-0.4, -0.2) is 33.8 Å². The van der Waals surface area contributed by atoms with Gasteiger partial charge in [-0.25, -0.2) is 14.4 Å². The van der Waals surface area contributed by atoms with E-state index < -0.39 is 11.7 Å². The Balaban J connectivity index is 1.70. The zero-order valence-electron chi connectivity index (χ0n) is 17.1. The van der Waals surface area contributed by atoms with E-state index >= 15 is 0 Å². The molecule has 0 saturated heterocycles. The first-order valence-electron chi connectivity index (χ1n) is 9.51. The fourth-order valence-corrected chi connectivity index (χ4v) is 2.86. The fraction of sp³-hybridized carbons (Fsp3) is 0.0870. The number of fused-ring (bicyclic) bond motifs is 1. The second kappa shape index (κ2) is 8.76. The van der Waals surface area contributed by atoms with E-state index in [2.05, 4.69) is 20.3 Å². The van der Waals surface area contributed by atoms with Crippen molar-refractivity contribution >= 4 is 28.4 Å². The van der Waals surface area contributed by atoms with Gasteiger partial charge < -0.3 is 14.8 Å². The Labute approximate surface area is 182 Å². The number of anilines is 1. The molecule has 0 bridgehead atoms. The van der Waals surface area contributed by atoms with E-state index in [4.69, 9.17) is 9.47 Å². The number of Topliss-reactive ketones (excluding diaryl/α,β-unsaturated/α-hetero) is 1. The van der Waals surface area contributed by atoms with Crippen molar-refractivity contribution in [3.63, 3.8) is 0 Å². The Morgan fingerprint density at radius 1 is 1.00 bits per heavy atom. The maximum atomic E-state index is 14.4. The van der Waals surface area contributed by atoms with E-state index in [1.54, 1.807) is 30.3 Å². The summed E-state index contributed by atoms with van der Waals surface area (Å²) in [6, 6.07) is 14.0. The van der Waals surface area contributed by atoms with Crippen molar-refractivity contribution in [1.29, 1.82) is 0 Å². The number of ketones is 1. The number of amides is 1. The van der Waals surface area contributed by atoms with Crippen molar-refractivity contribution in [3.8, 4) is 17.4 Å². The summed E-state index contributed by atoms with van der Waals surface area (Å²) in [5, 5.41) is 2.64. The lowest BCUT2D eigenvalue weighted by Gasteiger charge is -2.12. The average molecular weight is 432 g/mol. The van der Waals surface area contributed by atoms with Gasteiger partial charge in [-0.1, -0.05) is 12.1 Å². The molecule has 0 unspecified atom stereocenters. The predicted octanol–water partition coefficient (Wildman–Crippen LogP) is 4.42. The molecule has 0 saturated carbocycles. The summed E-state index contributed by atoms with van der Waals surface area (Å²) < 4.78 is 25.1. The molecular weight excluding hydrogens is 415 g/mol. The maximum Gasteiger partial charge on any atom is 0.279 e. The molecule has 0 aliphatic heterocycles. The normalized spacial score (nSPS) is 10.6. The molecule has 32 heavy (non-hydrogen) atoms. The highest BCUT2D eigenvalue weighted by atomic mass is 19.1. The van der Waals surface area contributed by atoms with Gasteiger partial charge >= 0.3 is 0 Å². The van der Waals surface area contributed by atoms with E-state index in [0.717, 1.165) is 6.07 Å². The first kappa shape index (κ1) is 20.9. The van der Waals surface area contributed by atoms with Crippen LogP contribution in [0.15, 0.2) is 60.8 Å². The third-order valence-corrected chi connectivity index (χ3v) is 4.48. The van der Waals surface area contributed by atoms with E-state index in [1.165, 1.54) is 38.4 Å². The number of methoxy groups -OCH3 is 1. The van der Waals surface area contributed by atoms with Gasteiger partial charge in [0.15, 0.2) is 23.0 Å². The topological polar surface area (TPSA) is 103 Å². The number of rotatable bonds is 6. The Bertz CT molecular complexity index is 1330. The molecule has 0 aliphatic carbocycles. The standard InChI is InChI=1S/C23H17FN4O4/c1-13(29)17-9-7-14(12-25-17)26-22(30)21-23(28-19-6-4-3-5-18(19)27-21)32-20-10-8-15(31-2)11-16(20)24/h3-12H,1-2H3,(H,26,30). The van der Waals surface area contributed by atoms with Gasteiger partial charge in [-0.2, -0.15) is 0 Å². The van der Waals surface area contributed by atoms with Crippen LogP contribution in [0.3, 0.4) is 0 Å². The minimum Gasteiger partial charge on any atom is -0.497 e. The van der Waals surface area contributed by atoms with Gasteiger partial charge in [0.05, 0.1) is 30.0 Å². The number of aromatic nitrogens is 3. The van der Waals surface area contributed by atoms with Crippen molar-refractivity contribution in [1.82, 2.24) is 15.0 Å². The van der Waals surface area contributed by atoms with E-state index in [0.29, 0.717) is 22.5 Å². The summed E-state index contributed by atoms with van der Waals surface area (Å²) in [5.74, 6) is -1.51. The van der Waals surface area contributed by atoms with Crippen LogP contribution >= 0.6 is 0 Å². The molecule has 1 amide bonds. The second-order valence-electron chi connectivity index (χ2n) is 6.71. The number of nitrogens with zero attached hydrogens (tertiary/aromatic N) is 3. The minimum atomic E-state index is -0.685. The highest BCUT2D eigenvalue weighted by Gasteiger charge is 2.20. The molecule has 2 aromatic heterocycles. The van der Waals surface area contributed by atoms with Crippen LogP contribution in [0.4, 0.5) is 10.1 Å². The van der Waals surface area contributed by atoms with Crippen LogP contribution in [0, 0.1) is 5.82 Å². The van der Waals surface area contributed by atoms with Gasteiger partial charge in [0, 0.05) is 13.0 Å². The van der Waals surface area contributed by atoms with Crippen molar-refractivity contribution in [2.24, 2.45) is 0 Å². The van der Waals surface area contributed by atoms with Crippen LogP contribution in [0.2, 0.25) is 0 Å². The summed E-state index contributed by atoms with van der Waals surface area (Å²) in [7, 11) is 1.42. The smallest absolute Gasteiger partial charge is 0.279 e. The van der Waals surface area contributed by atoms with Crippen molar-refractivity contribution < 1.29 is 23.5 Å². The van der Waals surface area contributed by atoms with Crippen LogP contribution in [0.25, 0.3) is 11.0 Å². The summed E-state index contributed by atoms with van der Waals surface area (Å²) in [6.07, 6.45) is 1.35. The molecule has 1 N–H and O–H groups in total. The zero-order valence-corrected chi connectivity index (χ0v) is 17.1. The number of halogens is 1. The van der Waals surface area contributed by atoms with Crippen LogP contribution in [0.1, 0.15) is 27.9 Å². The Morgan fingerprint density at radius 3 is 2.38 bits per heavy atom. The Hall–Kier alpha value is -4.40. The lowest BCUT2D eigenvalue weighted by atomic mass is 10.2. The number of hydrogen-bond donors (Lipinski definition) is 1. The highest BCUT2D eigenvalue weighted by molar-refractivity contribution is 6.05. The van der Waals surface area contributed by atoms with Gasteiger partial charge in [-0.15, -0.1) is 0 Å². The Kier molecular flexibility index (Phi) is 5.71. The summed E-state index contributed by atoms with van der Waals surface area (Å²) in [4.78, 5) is 37.1. The van der Waals surface area contributed by atoms with E-state index in [-0.39, 0.29) is 28.8 Å². The Morgan fingerprint density at radius 2 is 1.75 bits per heavy atom. The maximum absolute atomic E-state index is 14.4. The van der Waals surface area contributed by atoms with E-state index in [9.17, 15) is 14.0 Å². The number of para-hydroxylation sites is 2. The number of benzene rings is 2. The van der Waals surface area contributed by atoms with Gasteiger partial charge in [-0.3, -0.25) is 14.6 Å². The average Bonchev–Trinajstić information content (AvgIpc) is 2.80. The molecule has 4 rings (SSSR count). The van der Waals surface area contributed by atoms with Gasteiger partial charge in [0.1, 0.15) is 11.4 Å². The first-order valence-corrected chi connectivity index (χ1v) is 9.51. The third kappa shape index (κ3) is 4.36. The quantitative estimate of drug-likeness (QED) is 0.450. The largest absolute Gasteiger partial charge is 0.497 e. The summed E-state index contributed by atoms with van der Waals surface area (Å²) >= 11 is 0. The number of pyridine rings is 1. The molecule has 2 heterocycles. The van der Waals surface area contributed by atoms with Crippen molar-refractivity contribution in [2.75, 3.05) is 12.4 Å². The van der Waals surface area contributed by atoms with Crippen LogP contribution in [0.5, 0.6) is 17.4 Å². The van der Waals surface area contributed by atoms with Gasteiger partial charge in [-0.05, 0) is 36.4 Å². The lowest BCUT2D eigenvalue weighted by Crippen LogP contribution is -2.16. The molecule has 9 heteroatoms. The van der Waals surface area contributed by atoms with Crippen molar-refractivity contribution in [3.05, 3.63) is 78.0 Å². The van der Waals surface area contributed by atoms with Gasteiger partial charge in [0.25, 0.3) is 11.8 Å². The number of nitrogens with one attached hydrogen (secondary N) is 1. The lowest BCUT2D eigenvalue weighted by molar-refractivity contribution is 0.100. The number of carbonyl (C=O) groups excluding carboxylic acids is 2. The molecule has 0 spiro atoms. The van der Waals surface area contributed by atoms with Crippen LogP contribution in [-0.2, 0) is 0 Å². The van der Waals surface area contributed by atoms with E-state index in [1.807, 2.05) is 0 Å².